The third-order valence-electron chi connectivity index (χ3n) is 5.30. The molecule has 4 rings (SSSR count). The van der Waals surface area contributed by atoms with Crippen LogP contribution in [0.2, 0.25) is 0 Å². The highest BCUT2D eigenvalue weighted by atomic mass is 32.1. The van der Waals surface area contributed by atoms with E-state index in [1.807, 2.05) is 22.4 Å². The highest BCUT2D eigenvalue weighted by molar-refractivity contribution is 7.14. The van der Waals surface area contributed by atoms with Crippen LogP contribution in [0.3, 0.4) is 0 Å². The Bertz CT molecular complexity index is 1050. The first kappa shape index (κ1) is 20.2. The first-order chi connectivity index (χ1) is 14.5. The van der Waals surface area contributed by atoms with E-state index in [1.165, 1.54) is 28.9 Å². The lowest BCUT2D eigenvalue weighted by atomic mass is 10.1. The molecule has 30 heavy (non-hydrogen) atoms. The van der Waals surface area contributed by atoms with Crippen LogP contribution in [0.4, 0.5) is 10.8 Å². The number of carbonyl (C=O) groups excluding carboxylic acids is 2. The molecule has 0 radical (unpaired) electrons. The van der Waals surface area contributed by atoms with Crippen LogP contribution >= 0.6 is 11.3 Å². The lowest BCUT2D eigenvalue weighted by Gasteiger charge is -2.36. The van der Waals surface area contributed by atoms with Gasteiger partial charge in [0.25, 0.3) is 5.91 Å². The minimum Gasteiger partial charge on any atom is -0.469 e. The van der Waals surface area contributed by atoms with Gasteiger partial charge in [0.1, 0.15) is 5.76 Å². The zero-order valence-electron chi connectivity index (χ0n) is 17.1. The topological polar surface area (TPSA) is 78.7 Å². The molecule has 156 valence electrons. The van der Waals surface area contributed by atoms with Gasteiger partial charge in [0.15, 0.2) is 5.13 Å². The Hall–Kier alpha value is -3.13. The van der Waals surface area contributed by atoms with Crippen LogP contribution in [0, 0.1) is 13.8 Å². The Morgan fingerprint density at radius 3 is 2.60 bits per heavy atom. The van der Waals surface area contributed by atoms with E-state index in [4.69, 9.17) is 4.42 Å². The van der Waals surface area contributed by atoms with Crippen molar-refractivity contribution in [2.75, 3.05) is 36.4 Å². The molecule has 0 atom stereocenters. The number of carbonyl (C=O) groups is 2. The van der Waals surface area contributed by atoms with Gasteiger partial charge in [-0.05, 0) is 31.5 Å². The zero-order valence-corrected chi connectivity index (χ0v) is 17.9. The lowest BCUT2D eigenvalue weighted by molar-refractivity contribution is -0.130. The fraction of sp³-hybridized carbons (Fsp3) is 0.318. The Balaban J connectivity index is 1.30. The van der Waals surface area contributed by atoms with Gasteiger partial charge < -0.3 is 14.2 Å². The summed E-state index contributed by atoms with van der Waals surface area (Å²) in [5.41, 5.74) is 3.64. The Morgan fingerprint density at radius 2 is 1.90 bits per heavy atom. The van der Waals surface area contributed by atoms with Crippen molar-refractivity contribution in [1.29, 1.82) is 0 Å². The molecule has 1 N–H and O–H groups in total. The molecular formula is C22H24N4O3S. The van der Waals surface area contributed by atoms with E-state index in [1.54, 1.807) is 13.0 Å². The number of aromatic nitrogens is 1. The van der Waals surface area contributed by atoms with Crippen LogP contribution in [0.15, 0.2) is 46.4 Å². The molecule has 0 unspecified atom stereocenters. The quantitative estimate of drug-likeness (QED) is 0.678. The number of aryl methyl sites for hydroxylation is 2. The molecule has 1 aromatic carbocycles. The van der Waals surface area contributed by atoms with E-state index < -0.39 is 0 Å². The second kappa shape index (κ2) is 8.71. The van der Waals surface area contributed by atoms with Gasteiger partial charge in [-0.3, -0.25) is 14.9 Å². The van der Waals surface area contributed by atoms with Crippen molar-refractivity contribution in [3.63, 3.8) is 0 Å². The number of amides is 2. The summed E-state index contributed by atoms with van der Waals surface area (Å²) in [6, 6.07) is 9.95. The van der Waals surface area contributed by atoms with Crippen LogP contribution in [-0.2, 0) is 11.2 Å². The third kappa shape index (κ3) is 4.38. The summed E-state index contributed by atoms with van der Waals surface area (Å²) in [4.78, 5) is 33.6. The molecule has 1 fully saturated rings. The molecule has 7 nitrogen and oxygen atoms in total. The number of para-hydroxylation sites is 1. The summed E-state index contributed by atoms with van der Waals surface area (Å²) in [6.45, 7) is 6.87. The largest absolute Gasteiger partial charge is 0.469 e. The van der Waals surface area contributed by atoms with Crippen LogP contribution in [0.1, 0.15) is 27.4 Å². The second-order valence-corrected chi connectivity index (χ2v) is 8.18. The van der Waals surface area contributed by atoms with Crippen molar-refractivity contribution < 1.29 is 14.0 Å². The Labute approximate surface area is 179 Å². The maximum absolute atomic E-state index is 12.7. The number of nitrogens with zero attached hydrogens (tertiary/aromatic N) is 3. The Kier molecular flexibility index (Phi) is 5.85. The fourth-order valence-corrected chi connectivity index (χ4v) is 4.32. The predicted molar refractivity (Wildman–Crippen MR) is 117 cm³/mol. The lowest BCUT2D eigenvalue weighted by Crippen LogP contribution is -2.49. The Morgan fingerprint density at radius 1 is 1.13 bits per heavy atom. The van der Waals surface area contributed by atoms with Crippen LogP contribution in [0.5, 0.6) is 0 Å². The number of hydrogen-bond donors (Lipinski definition) is 1. The fourth-order valence-electron chi connectivity index (χ4n) is 3.61. The molecular weight excluding hydrogens is 400 g/mol. The number of hydrogen-bond acceptors (Lipinski definition) is 6. The standard InChI is InChI=1S/C22H24N4O3S/c1-15-5-3-4-6-19(15)25-8-10-26(11-9-25)20(27)13-17-14-30-22(23-17)24-21(28)18-7-12-29-16(18)2/h3-7,12,14H,8-11,13H2,1-2H3,(H,23,24,28). The first-order valence-corrected chi connectivity index (χ1v) is 10.8. The SMILES string of the molecule is Cc1ccccc1N1CCN(C(=O)Cc2csc(NC(=O)c3ccoc3C)n2)CC1. The number of rotatable bonds is 5. The number of thiazole rings is 1. The summed E-state index contributed by atoms with van der Waals surface area (Å²) in [6.07, 6.45) is 1.72. The molecule has 0 aliphatic carbocycles. The molecule has 1 saturated heterocycles. The molecule has 1 aliphatic heterocycles. The van der Waals surface area contributed by atoms with Gasteiger partial charge in [-0.25, -0.2) is 4.98 Å². The number of benzene rings is 1. The summed E-state index contributed by atoms with van der Waals surface area (Å²) in [5, 5.41) is 5.06. The third-order valence-corrected chi connectivity index (χ3v) is 6.10. The summed E-state index contributed by atoms with van der Waals surface area (Å²) in [5.74, 6) is 0.360. The summed E-state index contributed by atoms with van der Waals surface area (Å²) >= 11 is 1.32. The normalized spacial score (nSPS) is 14.1. The monoisotopic (exact) mass is 424 g/mol. The van der Waals surface area contributed by atoms with E-state index in [0.29, 0.717) is 35.2 Å². The molecule has 0 bridgehead atoms. The van der Waals surface area contributed by atoms with Crippen LogP contribution in [0.25, 0.3) is 0 Å². The van der Waals surface area contributed by atoms with Gasteiger partial charge >= 0.3 is 0 Å². The van der Waals surface area contributed by atoms with Gasteiger partial charge in [-0.1, -0.05) is 18.2 Å². The molecule has 0 spiro atoms. The van der Waals surface area contributed by atoms with Crippen molar-refractivity contribution in [1.82, 2.24) is 9.88 Å². The van der Waals surface area contributed by atoms with E-state index in [9.17, 15) is 9.59 Å². The van der Waals surface area contributed by atoms with Gasteiger partial charge in [0.2, 0.25) is 5.91 Å². The molecule has 3 aromatic rings. The highest BCUT2D eigenvalue weighted by Crippen LogP contribution is 2.22. The van der Waals surface area contributed by atoms with E-state index >= 15 is 0 Å². The number of furan rings is 1. The van der Waals surface area contributed by atoms with Gasteiger partial charge in [-0.2, -0.15) is 0 Å². The number of piperazine rings is 1. The predicted octanol–water partition coefficient (Wildman–Crippen LogP) is 3.50. The van der Waals surface area contributed by atoms with Crippen molar-refractivity contribution in [3.8, 4) is 0 Å². The summed E-state index contributed by atoms with van der Waals surface area (Å²) < 4.78 is 5.16. The molecule has 3 heterocycles. The van der Waals surface area contributed by atoms with Gasteiger partial charge in [0, 0.05) is 37.2 Å². The van der Waals surface area contributed by atoms with Crippen molar-refractivity contribution in [2.24, 2.45) is 0 Å². The van der Waals surface area contributed by atoms with Gasteiger partial charge in [0.05, 0.1) is 23.9 Å². The van der Waals surface area contributed by atoms with Gasteiger partial charge in [-0.15, -0.1) is 11.3 Å². The van der Waals surface area contributed by atoms with Crippen LogP contribution < -0.4 is 10.2 Å². The van der Waals surface area contributed by atoms with E-state index in [0.717, 1.165) is 13.1 Å². The van der Waals surface area contributed by atoms with E-state index in [-0.39, 0.29) is 18.2 Å². The number of anilines is 2. The molecule has 2 amide bonds. The van der Waals surface area contributed by atoms with Crippen LogP contribution in [-0.4, -0.2) is 47.9 Å². The maximum Gasteiger partial charge on any atom is 0.260 e. The maximum atomic E-state index is 12.7. The number of nitrogens with one attached hydrogen (secondary N) is 1. The van der Waals surface area contributed by atoms with Crippen molar-refractivity contribution in [2.45, 2.75) is 20.3 Å². The second-order valence-electron chi connectivity index (χ2n) is 7.32. The summed E-state index contributed by atoms with van der Waals surface area (Å²) in [7, 11) is 0. The zero-order chi connectivity index (χ0) is 21.1. The minimum atomic E-state index is -0.263. The van der Waals surface area contributed by atoms with Crippen molar-refractivity contribution >= 4 is 34.0 Å². The average molecular weight is 425 g/mol. The average Bonchev–Trinajstić information content (AvgIpc) is 3.37. The van der Waals surface area contributed by atoms with Crippen molar-refractivity contribution in [3.05, 3.63) is 64.6 Å². The molecule has 1 aliphatic rings. The minimum absolute atomic E-state index is 0.0632. The van der Waals surface area contributed by atoms with E-state index in [2.05, 4.69) is 34.3 Å². The first-order valence-electron chi connectivity index (χ1n) is 9.89. The molecule has 2 aromatic heterocycles. The molecule has 8 heteroatoms. The molecule has 0 saturated carbocycles. The smallest absolute Gasteiger partial charge is 0.260 e. The highest BCUT2D eigenvalue weighted by Gasteiger charge is 2.23.